The Morgan fingerprint density at radius 2 is 1.76 bits per heavy atom. The topological polar surface area (TPSA) is 59.8 Å². The number of anilines is 1. The highest BCUT2D eigenvalue weighted by Gasteiger charge is 2.39. The van der Waals surface area contributed by atoms with Crippen LogP contribution in [0.2, 0.25) is 0 Å². The van der Waals surface area contributed by atoms with E-state index >= 15 is 0 Å². The lowest BCUT2D eigenvalue weighted by atomic mass is 9.94. The molecule has 5 heteroatoms. The summed E-state index contributed by atoms with van der Waals surface area (Å²) in [6, 6.07) is 10.3. The van der Waals surface area contributed by atoms with Crippen LogP contribution in [-0.4, -0.2) is 64.5 Å². The number of nitrogens with zero attached hydrogens (tertiary/aromatic N) is 3. The molecule has 2 heterocycles. The number of hydrogen-bond donors (Lipinski definition) is 2. The number of rotatable bonds is 4. The molecule has 1 aliphatic heterocycles. The molecule has 1 atom stereocenters. The molecule has 0 amide bonds. The molecular weight excluding hydrogens is 314 g/mol. The maximum Gasteiger partial charge on any atom is 0.0953 e. The van der Waals surface area contributed by atoms with Crippen LogP contribution in [0, 0.1) is 0 Å². The highest BCUT2D eigenvalue weighted by Crippen LogP contribution is 2.33. The second kappa shape index (κ2) is 6.90. The highest BCUT2D eigenvalue weighted by atomic mass is 16.3. The summed E-state index contributed by atoms with van der Waals surface area (Å²) in [5, 5.41) is 22.2. The van der Waals surface area contributed by atoms with E-state index in [1.54, 1.807) is 0 Å². The van der Waals surface area contributed by atoms with Crippen molar-refractivity contribution in [3.05, 3.63) is 36.5 Å². The van der Waals surface area contributed by atoms with Gasteiger partial charge in [0.15, 0.2) is 0 Å². The van der Waals surface area contributed by atoms with Crippen LogP contribution >= 0.6 is 0 Å². The molecule has 1 saturated carbocycles. The van der Waals surface area contributed by atoms with E-state index in [0.717, 1.165) is 57.4 Å². The number of hydrogen-bond acceptors (Lipinski definition) is 5. The number of pyridine rings is 1. The fourth-order valence-electron chi connectivity index (χ4n) is 4.26. The van der Waals surface area contributed by atoms with Crippen LogP contribution in [0.4, 0.5) is 5.69 Å². The Hall–Kier alpha value is -1.69. The Labute approximate surface area is 148 Å². The summed E-state index contributed by atoms with van der Waals surface area (Å²) in [6.07, 6.45) is 4.76. The zero-order valence-corrected chi connectivity index (χ0v) is 14.6. The summed E-state index contributed by atoms with van der Waals surface area (Å²) in [6.45, 7) is 4.24. The van der Waals surface area contributed by atoms with Gasteiger partial charge in [-0.1, -0.05) is 31.0 Å². The molecule has 0 bridgehead atoms. The number of piperazine rings is 1. The van der Waals surface area contributed by atoms with Gasteiger partial charge in [-0.15, -0.1) is 0 Å². The van der Waals surface area contributed by atoms with Crippen molar-refractivity contribution in [3.63, 3.8) is 0 Å². The lowest BCUT2D eigenvalue weighted by Crippen LogP contribution is -2.53. The minimum atomic E-state index is -0.863. The molecule has 134 valence electrons. The Bertz CT molecular complexity index is 716. The van der Waals surface area contributed by atoms with Crippen molar-refractivity contribution in [2.45, 2.75) is 37.4 Å². The number of para-hydroxylation sites is 1. The molecule has 1 unspecified atom stereocenters. The van der Waals surface area contributed by atoms with Gasteiger partial charge in [-0.3, -0.25) is 9.88 Å². The first-order valence-electron chi connectivity index (χ1n) is 9.37. The Morgan fingerprint density at radius 3 is 2.52 bits per heavy atom. The number of fused-ring (bicyclic) bond motifs is 1. The lowest BCUT2D eigenvalue weighted by Gasteiger charge is -2.39. The van der Waals surface area contributed by atoms with E-state index in [4.69, 9.17) is 0 Å². The molecule has 1 aromatic heterocycles. The van der Waals surface area contributed by atoms with Crippen LogP contribution in [0.25, 0.3) is 10.9 Å². The number of β-amino-alcohol motifs (C(OH)–C–C–N with tert-alkyl or cyclic N) is 1. The van der Waals surface area contributed by atoms with Crippen molar-refractivity contribution in [3.8, 4) is 0 Å². The molecular formula is C20H27N3O2. The first kappa shape index (κ1) is 16.8. The van der Waals surface area contributed by atoms with Gasteiger partial charge >= 0.3 is 0 Å². The number of aliphatic hydroxyl groups is 2. The van der Waals surface area contributed by atoms with Crippen LogP contribution < -0.4 is 4.90 Å². The molecule has 5 nitrogen and oxygen atoms in total. The summed E-state index contributed by atoms with van der Waals surface area (Å²) in [5.74, 6) is 0. The number of benzene rings is 1. The van der Waals surface area contributed by atoms with Crippen molar-refractivity contribution < 1.29 is 10.2 Å². The predicted octanol–water partition coefficient (Wildman–Crippen LogP) is 2.02. The second-order valence-electron chi connectivity index (χ2n) is 7.46. The Balaban J connectivity index is 1.40. The standard InChI is InChI=1S/C20H27N3O2/c24-19(20(25)8-3-4-9-20)15-22-11-13-23(14-12-22)18-7-10-21-17-6-2-1-5-16(17)18/h1-2,5-7,10,19,24-25H,3-4,8-9,11-15H2. The molecule has 4 rings (SSSR count). The van der Waals surface area contributed by atoms with Gasteiger partial charge in [0.1, 0.15) is 0 Å². The highest BCUT2D eigenvalue weighted by molar-refractivity contribution is 5.91. The van der Waals surface area contributed by atoms with Gasteiger partial charge in [-0.25, -0.2) is 0 Å². The van der Waals surface area contributed by atoms with Gasteiger partial charge in [-0.05, 0) is 25.0 Å². The fraction of sp³-hybridized carbons (Fsp3) is 0.550. The van der Waals surface area contributed by atoms with E-state index in [2.05, 4.69) is 33.0 Å². The van der Waals surface area contributed by atoms with Gasteiger partial charge in [0.25, 0.3) is 0 Å². The molecule has 2 fully saturated rings. The quantitative estimate of drug-likeness (QED) is 0.891. The maximum absolute atomic E-state index is 10.5. The van der Waals surface area contributed by atoms with Crippen molar-refractivity contribution >= 4 is 16.6 Å². The fourth-order valence-corrected chi connectivity index (χ4v) is 4.26. The van der Waals surface area contributed by atoms with Gasteiger partial charge in [0.2, 0.25) is 0 Å². The third kappa shape index (κ3) is 3.36. The average molecular weight is 341 g/mol. The van der Waals surface area contributed by atoms with Gasteiger partial charge in [0, 0.05) is 50.0 Å². The van der Waals surface area contributed by atoms with Gasteiger partial charge in [-0.2, -0.15) is 0 Å². The van der Waals surface area contributed by atoms with E-state index in [-0.39, 0.29) is 0 Å². The predicted molar refractivity (Wildman–Crippen MR) is 99.8 cm³/mol. The normalized spacial score (nSPS) is 22.4. The van der Waals surface area contributed by atoms with E-state index in [1.807, 2.05) is 18.3 Å². The van der Waals surface area contributed by atoms with Crippen molar-refractivity contribution in [2.75, 3.05) is 37.6 Å². The molecule has 2 N–H and O–H groups in total. The zero-order valence-electron chi connectivity index (χ0n) is 14.6. The summed E-state index contributed by atoms with van der Waals surface area (Å²) in [5.41, 5.74) is 1.40. The average Bonchev–Trinajstić information content (AvgIpc) is 3.10. The molecule has 25 heavy (non-hydrogen) atoms. The minimum Gasteiger partial charge on any atom is -0.389 e. The van der Waals surface area contributed by atoms with E-state index in [1.165, 1.54) is 11.1 Å². The molecule has 1 aromatic carbocycles. The van der Waals surface area contributed by atoms with Crippen molar-refractivity contribution in [1.82, 2.24) is 9.88 Å². The first-order valence-corrected chi connectivity index (χ1v) is 9.37. The SMILES string of the molecule is OC(CN1CCN(c2ccnc3ccccc23)CC1)C1(O)CCCC1. The molecule has 2 aliphatic rings. The summed E-state index contributed by atoms with van der Waals surface area (Å²) in [4.78, 5) is 9.12. The molecule has 1 aliphatic carbocycles. The van der Waals surface area contributed by atoms with E-state index in [9.17, 15) is 10.2 Å². The molecule has 2 aromatic rings. The largest absolute Gasteiger partial charge is 0.389 e. The van der Waals surface area contributed by atoms with Crippen molar-refractivity contribution in [1.29, 1.82) is 0 Å². The molecule has 0 radical (unpaired) electrons. The third-order valence-corrected chi connectivity index (χ3v) is 5.86. The van der Waals surface area contributed by atoms with Crippen LogP contribution in [0.5, 0.6) is 0 Å². The minimum absolute atomic E-state index is 0.571. The van der Waals surface area contributed by atoms with Crippen LogP contribution in [-0.2, 0) is 0 Å². The van der Waals surface area contributed by atoms with E-state index in [0.29, 0.717) is 6.54 Å². The smallest absolute Gasteiger partial charge is 0.0953 e. The Morgan fingerprint density at radius 1 is 1.04 bits per heavy atom. The lowest BCUT2D eigenvalue weighted by molar-refractivity contribution is -0.0818. The van der Waals surface area contributed by atoms with Crippen molar-refractivity contribution in [2.24, 2.45) is 0 Å². The number of aliphatic hydroxyl groups excluding tert-OH is 1. The number of aromatic nitrogens is 1. The van der Waals surface area contributed by atoms with Crippen LogP contribution in [0.1, 0.15) is 25.7 Å². The van der Waals surface area contributed by atoms with Crippen LogP contribution in [0.3, 0.4) is 0 Å². The molecule has 0 spiro atoms. The zero-order chi connectivity index (χ0) is 17.3. The van der Waals surface area contributed by atoms with Gasteiger partial charge < -0.3 is 15.1 Å². The summed E-state index contributed by atoms with van der Waals surface area (Å²) < 4.78 is 0. The van der Waals surface area contributed by atoms with Crippen LogP contribution in [0.15, 0.2) is 36.5 Å². The Kier molecular flexibility index (Phi) is 4.63. The monoisotopic (exact) mass is 341 g/mol. The second-order valence-corrected chi connectivity index (χ2v) is 7.46. The first-order chi connectivity index (χ1) is 12.2. The maximum atomic E-state index is 10.5. The van der Waals surface area contributed by atoms with Gasteiger partial charge in [0.05, 0.1) is 17.2 Å². The van der Waals surface area contributed by atoms with E-state index < -0.39 is 11.7 Å². The molecule has 1 saturated heterocycles. The summed E-state index contributed by atoms with van der Waals surface area (Å²) >= 11 is 0. The summed E-state index contributed by atoms with van der Waals surface area (Å²) in [7, 11) is 0. The third-order valence-electron chi connectivity index (χ3n) is 5.86.